The summed E-state index contributed by atoms with van der Waals surface area (Å²) in [6, 6.07) is 0. The molecule has 1 saturated heterocycles. The van der Waals surface area contributed by atoms with Crippen molar-refractivity contribution >= 4 is 5.91 Å². The Balaban J connectivity index is 2.25. The Bertz CT molecular complexity index is 227. The van der Waals surface area contributed by atoms with Crippen LogP contribution in [-0.2, 0) is 4.79 Å². The molecule has 1 heterocycles. The molecule has 1 aliphatic rings. The zero-order chi connectivity index (χ0) is 12.7. The number of aliphatic hydroxyl groups is 1. The number of rotatable bonds is 7. The van der Waals surface area contributed by atoms with Gasteiger partial charge >= 0.3 is 0 Å². The van der Waals surface area contributed by atoms with Gasteiger partial charge in [0.1, 0.15) is 0 Å². The molecule has 1 amide bonds. The monoisotopic (exact) mass is 242 g/mol. The van der Waals surface area contributed by atoms with Crippen molar-refractivity contribution in [1.29, 1.82) is 0 Å². The van der Waals surface area contributed by atoms with Gasteiger partial charge < -0.3 is 15.7 Å². The summed E-state index contributed by atoms with van der Waals surface area (Å²) in [4.78, 5) is 13.7. The van der Waals surface area contributed by atoms with E-state index < -0.39 is 0 Å². The molecule has 0 aromatic heterocycles. The van der Waals surface area contributed by atoms with Crippen molar-refractivity contribution in [3.63, 3.8) is 0 Å². The van der Waals surface area contributed by atoms with Gasteiger partial charge in [0.25, 0.3) is 0 Å². The third kappa shape index (κ3) is 5.04. The molecule has 2 atom stereocenters. The number of amides is 1. The maximum atomic E-state index is 11.9. The predicted molar refractivity (Wildman–Crippen MR) is 68.5 cm³/mol. The highest BCUT2D eigenvalue weighted by Gasteiger charge is 2.24. The molecule has 0 aromatic carbocycles. The number of aliphatic hydroxyl groups excluding tert-OH is 1. The molecule has 3 N–H and O–H groups in total. The number of hydrogen-bond donors (Lipinski definition) is 2. The first-order valence-electron chi connectivity index (χ1n) is 6.83. The van der Waals surface area contributed by atoms with Gasteiger partial charge in [-0.15, -0.1) is 0 Å². The van der Waals surface area contributed by atoms with Crippen molar-refractivity contribution in [3.8, 4) is 0 Å². The van der Waals surface area contributed by atoms with E-state index in [2.05, 4.69) is 6.92 Å². The molecule has 0 aromatic rings. The largest absolute Gasteiger partial charge is 0.391 e. The minimum absolute atomic E-state index is 0.194. The molecule has 2 unspecified atom stereocenters. The Morgan fingerprint density at radius 1 is 1.47 bits per heavy atom. The fraction of sp³-hybridized carbons (Fsp3) is 0.923. The van der Waals surface area contributed by atoms with Gasteiger partial charge in [-0.3, -0.25) is 4.79 Å². The van der Waals surface area contributed by atoms with E-state index in [1.165, 1.54) is 0 Å². The number of carbonyl (C=O) groups is 1. The quantitative estimate of drug-likeness (QED) is 0.703. The highest BCUT2D eigenvalue weighted by Crippen LogP contribution is 2.19. The SMILES string of the molecule is CCCC(CCN)CCC(=O)N1CCC(O)C1. The van der Waals surface area contributed by atoms with Gasteiger partial charge in [-0.2, -0.15) is 0 Å². The Kier molecular flexibility index (Phi) is 6.52. The zero-order valence-corrected chi connectivity index (χ0v) is 10.9. The van der Waals surface area contributed by atoms with Gasteiger partial charge in [0, 0.05) is 19.5 Å². The zero-order valence-electron chi connectivity index (χ0n) is 10.9. The van der Waals surface area contributed by atoms with Crippen LogP contribution in [0.5, 0.6) is 0 Å². The lowest BCUT2D eigenvalue weighted by Crippen LogP contribution is -2.29. The van der Waals surface area contributed by atoms with E-state index in [1.807, 2.05) is 0 Å². The molecule has 1 fully saturated rings. The number of nitrogens with two attached hydrogens (primary N) is 1. The Hall–Kier alpha value is -0.610. The van der Waals surface area contributed by atoms with Crippen molar-refractivity contribution in [3.05, 3.63) is 0 Å². The van der Waals surface area contributed by atoms with E-state index in [4.69, 9.17) is 5.73 Å². The molecule has 0 radical (unpaired) electrons. The fourth-order valence-corrected chi connectivity index (χ4v) is 2.53. The maximum Gasteiger partial charge on any atom is 0.222 e. The van der Waals surface area contributed by atoms with Gasteiger partial charge in [0.2, 0.25) is 5.91 Å². The average molecular weight is 242 g/mol. The predicted octanol–water partition coefficient (Wildman–Crippen LogP) is 1.12. The van der Waals surface area contributed by atoms with Gasteiger partial charge in [0.15, 0.2) is 0 Å². The van der Waals surface area contributed by atoms with Crippen LogP contribution >= 0.6 is 0 Å². The summed E-state index contributed by atoms with van der Waals surface area (Å²) in [5.74, 6) is 0.779. The van der Waals surface area contributed by atoms with Crippen LogP contribution in [0.1, 0.15) is 45.4 Å². The molecule has 1 aliphatic heterocycles. The number of nitrogens with zero attached hydrogens (tertiary/aromatic N) is 1. The molecular weight excluding hydrogens is 216 g/mol. The van der Waals surface area contributed by atoms with Gasteiger partial charge in [0.05, 0.1) is 6.10 Å². The third-order valence-corrected chi connectivity index (χ3v) is 3.55. The maximum absolute atomic E-state index is 11.9. The second-order valence-electron chi connectivity index (χ2n) is 5.05. The molecule has 0 spiro atoms. The standard InChI is InChI=1S/C13H26N2O2/c1-2-3-11(6-8-14)4-5-13(17)15-9-7-12(16)10-15/h11-12,16H,2-10,14H2,1H3. The van der Waals surface area contributed by atoms with E-state index in [0.717, 1.165) is 38.6 Å². The fourth-order valence-electron chi connectivity index (χ4n) is 2.53. The molecule has 0 bridgehead atoms. The first-order chi connectivity index (χ1) is 8.17. The molecule has 100 valence electrons. The molecule has 1 rings (SSSR count). The first-order valence-corrected chi connectivity index (χ1v) is 6.83. The summed E-state index contributed by atoms with van der Waals surface area (Å²) < 4.78 is 0. The minimum Gasteiger partial charge on any atom is -0.391 e. The summed E-state index contributed by atoms with van der Waals surface area (Å²) >= 11 is 0. The van der Waals surface area contributed by atoms with Crippen molar-refractivity contribution in [1.82, 2.24) is 4.90 Å². The van der Waals surface area contributed by atoms with Crippen LogP contribution in [0.4, 0.5) is 0 Å². The number of likely N-dealkylation sites (tertiary alicyclic amines) is 1. The number of hydrogen-bond acceptors (Lipinski definition) is 3. The van der Waals surface area contributed by atoms with Crippen LogP contribution in [0.2, 0.25) is 0 Å². The molecule has 0 saturated carbocycles. The molecule has 4 nitrogen and oxygen atoms in total. The number of β-amino-alcohol motifs (C(OH)–C–C–N with tert-alkyl or cyclic N) is 1. The van der Waals surface area contributed by atoms with Crippen molar-refractivity contribution < 1.29 is 9.90 Å². The highest BCUT2D eigenvalue weighted by molar-refractivity contribution is 5.76. The molecule has 0 aliphatic carbocycles. The van der Waals surface area contributed by atoms with Crippen LogP contribution in [0.15, 0.2) is 0 Å². The van der Waals surface area contributed by atoms with Crippen molar-refractivity contribution in [2.75, 3.05) is 19.6 Å². The summed E-state index contributed by atoms with van der Waals surface area (Å²) in [6.07, 6.45) is 5.30. The summed E-state index contributed by atoms with van der Waals surface area (Å²) in [7, 11) is 0. The van der Waals surface area contributed by atoms with E-state index >= 15 is 0 Å². The van der Waals surface area contributed by atoms with E-state index in [-0.39, 0.29) is 12.0 Å². The molecule has 4 heteroatoms. The minimum atomic E-state index is -0.311. The summed E-state index contributed by atoms with van der Waals surface area (Å²) in [5.41, 5.74) is 5.58. The second kappa shape index (κ2) is 7.67. The lowest BCUT2D eigenvalue weighted by atomic mass is 9.94. The van der Waals surface area contributed by atoms with Gasteiger partial charge in [-0.1, -0.05) is 19.8 Å². The smallest absolute Gasteiger partial charge is 0.222 e. The first kappa shape index (κ1) is 14.5. The van der Waals surface area contributed by atoms with E-state index in [0.29, 0.717) is 25.4 Å². The van der Waals surface area contributed by atoms with Crippen LogP contribution in [0.3, 0.4) is 0 Å². The summed E-state index contributed by atoms with van der Waals surface area (Å²) in [5, 5.41) is 9.38. The van der Waals surface area contributed by atoms with Crippen LogP contribution in [-0.4, -0.2) is 41.7 Å². The van der Waals surface area contributed by atoms with Gasteiger partial charge in [-0.25, -0.2) is 0 Å². The van der Waals surface area contributed by atoms with Crippen molar-refractivity contribution in [2.45, 2.75) is 51.6 Å². The highest BCUT2D eigenvalue weighted by atomic mass is 16.3. The normalized spacial score (nSPS) is 21.8. The molecular formula is C13H26N2O2. The van der Waals surface area contributed by atoms with Crippen LogP contribution in [0.25, 0.3) is 0 Å². The Labute approximate surface area is 104 Å². The summed E-state index contributed by atoms with van der Waals surface area (Å²) in [6.45, 7) is 4.12. The van der Waals surface area contributed by atoms with Crippen LogP contribution < -0.4 is 5.73 Å². The van der Waals surface area contributed by atoms with Crippen molar-refractivity contribution in [2.24, 2.45) is 11.7 Å². The second-order valence-corrected chi connectivity index (χ2v) is 5.05. The Morgan fingerprint density at radius 3 is 2.76 bits per heavy atom. The molecule has 17 heavy (non-hydrogen) atoms. The number of carbonyl (C=O) groups excluding carboxylic acids is 1. The van der Waals surface area contributed by atoms with Gasteiger partial charge in [-0.05, 0) is 31.7 Å². The van der Waals surface area contributed by atoms with E-state index in [9.17, 15) is 9.90 Å². The van der Waals surface area contributed by atoms with E-state index in [1.54, 1.807) is 4.90 Å². The Morgan fingerprint density at radius 2 is 2.24 bits per heavy atom. The lowest BCUT2D eigenvalue weighted by molar-refractivity contribution is -0.130. The lowest BCUT2D eigenvalue weighted by Gasteiger charge is -2.18. The van der Waals surface area contributed by atoms with Crippen LogP contribution in [0, 0.1) is 5.92 Å². The topological polar surface area (TPSA) is 66.6 Å². The third-order valence-electron chi connectivity index (χ3n) is 3.55. The average Bonchev–Trinajstić information content (AvgIpc) is 2.73.